The lowest BCUT2D eigenvalue weighted by atomic mass is 10.1. The second-order valence-electron chi connectivity index (χ2n) is 4.20. The van der Waals surface area contributed by atoms with Gasteiger partial charge in [-0.05, 0) is 36.2 Å². The van der Waals surface area contributed by atoms with E-state index in [-0.39, 0.29) is 18.0 Å². The van der Waals surface area contributed by atoms with Crippen LogP contribution in [0.25, 0.3) is 0 Å². The summed E-state index contributed by atoms with van der Waals surface area (Å²) in [5.41, 5.74) is 1.62. The summed E-state index contributed by atoms with van der Waals surface area (Å²) < 4.78 is 18.7. The van der Waals surface area contributed by atoms with Gasteiger partial charge in [-0.15, -0.1) is 0 Å². The Morgan fingerprint density at radius 2 is 1.89 bits per heavy atom. The van der Waals surface area contributed by atoms with Crippen molar-refractivity contribution in [3.05, 3.63) is 65.0 Å². The van der Waals surface area contributed by atoms with Gasteiger partial charge in [0.25, 0.3) is 0 Å². The highest BCUT2D eigenvalue weighted by Gasteiger charge is 2.03. The van der Waals surface area contributed by atoms with Crippen molar-refractivity contribution in [2.75, 3.05) is 0 Å². The largest absolute Gasteiger partial charge is 0.489 e. The SMILES string of the molecule is Cc1ccc(OCc2ccc(C(=O)O)cc2)cc1F. The standard InChI is InChI=1S/C15H13FO3/c1-10-2-7-13(8-14(10)16)19-9-11-3-5-12(6-4-11)15(17)18/h2-8H,9H2,1H3,(H,17,18). The maximum absolute atomic E-state index is 13.3. The molecule has 0 unspecified atom stereocenters. The fourth-order valence-corrected chi connectivity index (χ4v) is 1.57. The molecule has 0 aromatic heterocycles. The highest BCUT2D eigenvalue weighted by Crippen LogP contribution is 2.17. The van der Waals surface area contributed by atoms with E-state index in [1.807, 2.05) is 0 Å². The van der Waals surface area contributed by atoms with E-state index in [0.717, 1.165) is 5.56 Å². The van der Waals surface area contributed by atoms with Gasteiger partial charge in [-0.1, -0.05) is 18.2 Å². The Morgan fingerprint density at radius 3 is 2.47 bits per heavy atom. The predicted molar refractivity (Wildman–Crippen MR) is 68.9 cm³/mol. The Balaban J connectivity index is 2.01. The summed E-state index contributed by atoms with van der Waals surface area (Å²) in [4.78, 5) is 10.7. The Morgan fingerprint density at radius 1 is 1.21 bits per heavy atom. The first-order valence-electron chi connectivity index (χ1n) is 5.77. The van der Waals surface area contributed by atoms with E-state index in [0.29, 0.717) is 11.3 Å². The summed E-state index contributed by atoms with van der Waals surface area (Å²) in [6.07, 6.45) is 0. The monoisotopic (exact) mass is 260 g/mol. The molecule has 3 nitrogen and oxygen atoms in total. The number of carbonyl (C=O) groups is 1. The summed E-state index contributed by atoms with van der Waals surface area (Å²) in [6.45, 7) is 1.95. The number of benzene rings is 2. The van der Waals surface area contributed by atoms with E-state index in [1.54, 1.807) is 31.2 Å². The third kappa shape index (κ3) is 3.31. The van der Waals surface area contributed by atoms with Crippen molar-refractivity contribution in [3.63, 3.8) is 0 Å². The van der Waals surface area contributed by atoms with Gasteiger partial charge in [0.2, 0.25) is 0 Å². The summed E-state index contributed by atoms with van der Waals surface area (Å²) in [6, 6.07) is 11.1. The average molecular weight is 260 g/mol. The van der Waals surface area contributed by atoms with Gasteiger partial charge in [0, 0.05) is 6.07 Å². The Hall–Kier alpha value is -2.36. The van der Waals surface area contributed by atoms with Crippen LogP contribution in [0.4, 0.5) is 4.39 Å². The lowest BCUT2D eigenvalue weighted by Crippen LogP contribution is -1.99. The predicted octanol–water partition coefficient (Wildman–Crippen LogP) is 3.41. The minimum Gasteiger partial charge on any atom is -0.489 e. The molecule has 2 rings (SSSR count). The number of carboxylic acids is 1. The number of ether oxygens (including phenoxy) is 1. The molecule has 0 radical (unpaired) electrons. The Kier molecular flexibility index (Phi) is 3.80. The van der Waals surface area contributed by atoms with Crippen molar-refractivity contribution in [1.29, 1.82) is 0 Å². The summed E-state index contributed by atoms with van der Waals surface area (Å²) >= 11 is 0. The molecule has 19 heavy (non-hydrogen) atoms. The van der Waals surface area contributed by atoms with Gasteiger partial charge in [-0.2, -0.15) is 0 Å². The Labute approximate surface area is 110 Å². The van der Waals surface area contributed by atoms with Crippen LogP contribution in [0, 0.1) is 12.7 Å². The number of halogens is 1. The number of rotatable bonds is 4. The topological polar surface area (TPSA) is 46.5 Å². The minimum atomic E-state index is -0.965. The molecule has 98 valence electrons. The van der Waals surface area contributed by atoms with E-state index in [4.69, 9.17) is 9.84 Å². The molecule has 0 fully saturated rings. The molecule has 0 saturated carbocycles. The number of aryl methyl sites for hydroxylation is 1. The summed E-state index contributed by atoms with van der Waals surface area (Å²) in [5.74, 6) is -0.822. The molecular weight excluding hydrogens is 247 g/mol. The van der Waals surface area contributed by atoms with Crippen LogP contribution in [0.5, 0.6) is 5.75 Å². The third-order valence-electron chi connectivity index (χ3n) is 2.75. The minimum absolute atomic E-state index is 0.227. The number of carboxylic acid groups (broad SMARTS) is 1. The van der Waals surface area contributed by atoms with Gasteiger partial charge in [0.15, 0.2) is 0 Å². The zero-order valence-electron chi connectivity index (χ0n) is 10.4. The maximum atomic E-state index is 13.3. The first kappa shape index (κ1) is 13.1. The summed E-state index contributed by atoms with van der Waals surface area (Å²) in [5, 5.41) is 8.77. The normalized spacial score (nSPS) is 10.2. The molecule has 0 spiro atoms. The maximum Gasteiger partial charge on any atom is 0.335 e. The van der Waals surface area contributed by atoms with Crippen molar-refractivity contribution >= 4 is 5.97 Å². The fourth-order valence-electron chi connectivity index (χ4n) is 1.57. The van der Waals surface area contributed by atoms with Crippen LogP contribution in [-0.4, -0.2) is 11.1 Å². The average Bonchev–Trinajstić information content (AvgIpc) is 2.40. The highest BCUT2D eigenvalue weighted by molar-refractivity contribution is 5.87. The third-order valence-corrected chi connectivity index (χ3v) is 2.75. The molecule has 4 heteroatoms. The zero-order valence-corrected chi connectivity index (χ0v) is 10.4. The van der Waals surface area contributed by atoms with E-state index in [9.17, 15) is 9.18 Å². The molecule has 1 N–H and O–H groups in total. The van der Waals surface area contributed by atoms with Crippen LogP contribution < -0.4 is 4.74 Å². The van der Waals surface area contributed by atoms with Crippen LogP contribution in [0.3, 0.4) is 0 Å². The van der Waals surface area contributed by atoms with Crippen LogP contribution in [0.2, 0.25) is 0 Å². The van der Waals surface area contributed by atoms with Crippen molar-refractivity contribution in [2.45, 2.75) is 13.5 Å². The number of hydrogen-bond acceptors (Lipinski definition) is 2. The lowest BCUT2D eigenvalue weighted by Gasteiger charge is -2.07. The van der Waals surface area contributed by atoms with Crippen LogP contribution >= 0.6 is 0 Å². The fraction of sp³-hybridized carbons (Fsp3) is 0.133. The highest BCUT2D eigenvalue weighted by atomic mass is 19.1. The van der Waals surface area contributed by atoms with Crippen LogP contribution in [0.15, 0.2) is 42.5 Å². The molecule has 0 bridgehead atoms. The molecule has 0 saturated heterocycles. The summed E-state index contributed by atoms with van der Waals surface area (Å²) in [7, 11) is 0. The molecule has 0 aliphatic heterocycles. The molecule has 0 atom stereocenters. The van der Waals surface area contributed by atoms with Crippen molar-refractivity contribution in [1.82, 2.24) is 0 Å². The quantitative estimate of drug-likeness (QED) is 0.916. The Bertz CT molecular complexity index is 591. The first-order valence-corrected chi connectivity index (χ1v) is 5.77. The van der Waals surface area contributed by atoms with Gasteiger partial charge in [0.05, 0.1) is 5.56 Å². The lowest BCUT2D eigenvalue weighted by molar-refractivity contribution is 0.0697. The van der Waals surface area contributed by atoms with Crippen molar-refractivity contribution in [2.24, 2.45) is 0 Å². The van der Waals surface area contributed by atoms with Gasteiger partial charge < -0.3 is 9.84 Å². The van der Waals surface area contributed by atoms with Gasteiger partial charge in [0.1, 0.15) is 18.2 Å². The number of aromatic carboxylic acids is 1. The second-order valence-corrected chi connectivity index (χ2v) is 4.20. The van der Waals surface area contributed by atoms with E-state index in [1.165, 1.54) is 18.2 Å². The van der Waals surface area contributed by atoms with E-state index < -0.39 is 5.97 Å². The second kappa shape index (κ2) is 5.52. The van der Waals surface area contributed by atoms with Crippen LogP contribution in [-0.2, 0) is 6.61 Å². The van der Waals surface area contributed by atoms with E-state index in [2.05, 4.69) is 0 Å². The molecule has 0 amide bonds. The smallest absolute Gasteiger partial charge is 0.335 e. The number of hydrogen-bond donors (Lipinski definition) is 1. The van der Waals surface area contributed by atoms with Gasteiger partial charge in [-0.3, -0.25) is 0 Å². The molecule has 0 heterocycles. The van der Waals surface area contributed by atoms with Gasteiger partial charge >= 0.3 is 5.97 Å². The van der Waals surface area contributed by atoms with Gasteiger partial charge in [-0.25, -0.2) is 9.18 Å². The molecular formula is C15H13FO3. The molecule has 2 aromatic rings. The van der Waals surface area contributed by atoms with E-state index >= 15 is 0 Å². The molecule has 0 aliphatic carbocycles. The van der Waals surface area contributed by atoms with Crippen LogP contribution in [0.1, 0.15) is 21.5 Å². The van der Waals surface area contributed by atoms with Crippen molar-refractivity contribution in [3.8, 4) is 5.75 Å². The molecule has 0 aliphatic rings. The molecule has 2 aromatic carbocycles. The van der Waals surface area contributed by atoms with Crippen molar-refractivity contribution < 1.29 is 19.0 Å². The zero-order chi connectivity index (χ0) is 13.8. The first-order chi connectivity index (χ1) is 9.06.